The molecule has 0 atom stereocenters. The van der Waals surface area contributed by atoms with Crippen LogP contribution >= 0.6 is 73.5 Å². The van der Waals surface area contributed by atoms with Crippen molar-refractivity contribution in [2.24, 2.45) is 4.99 Å². The number of ether oxygens (including phenoxy) is 1. The van der Waals surface area contributed by atoms with Crippen molar-refractivity contribution in [2.45, 2.75) is 20.5 Å². The molecule has 2 aromatic carbocycles. The smallest absolute Gasteiger partial charge is 0.266 e. The van der Waals surface area contributed by atoms with Crippen LogP contribution in [0.1, 0.15) is 25.0 Å². The molecule has 0 bridgehead atoms. The third kappa shape index (κ3) is 5.54. The maximum atomic E-state index is 12.7. The van der Waals surface area contributed by atoms with Gasteiger partial charge in [-0.25, -0.2) is 0 Å². The Balaban J connectivity index is 1.81. The highest BCUT2D eigenvalue weighted by Gasteiger charge is 2.31. The van der Waals surface area contributed by atoms with Crippen molar-refractivity contribution in [1.82, 2.24) is 4.90 Å². The zero-order chi connectivity index (χ0) is 21.8. The normalized spacial score (nSPS) is 16.7. The first-order chi connectivity index (χ1) is 14.3. The molecule has 0 radical (unpaired) electrons. The van der Waals surface area contributed by atoms with Gasteiger partial charge in [-0.2, -0.15) is 0 Å². The number of nitrogens with zero attached hydrogens (tertiary/aromatic N) is 2. The van der Waals surface area contributed by atoms with Gasteiger partial charge >= 0.3 is 0 Å². The molecule has 9 heteroatoms. The summed E-state index contributed by atoms with van der Waals surface area (Å²) in [7, 11) is 0. The van der Waals surface area contributed by atoms with Gasteiger partial charge in [-0.05, 0) is 100 Å². The molecule has 1 aliphatic heterocycles. The SMILES string of the molecule is CCN=C1S/C(=C\c2cc(Br)c(OCc3ccc(Cl)cc3Cl)c(I)c2)C(=O)N1CC. The van der Waals surface area contributed by atoms with Gasteiger partial charge in [0, 0.05) is 28.7 Å². The van der Waals surface area contributed by atoms with E-state index in [0.717, 1.165) is 30.1 Å². The van der Waals surface area contributed by atoms with E-state index in [1.165, 1.54) is 11.8 Å². The van der Waals surface area contributed by atoms with Crippen LogP contribution in [0.3, 0.4) is 0 Å². The summed E-state index contributed by atoms with van der Waals surface area (Å²) >= 11 is 19.4. The molecule has 0 aromatic heterocycles. The lowest BCUT2D eigenvalue weighted by Crippen LogP contribution is -2.28. The van der Waals surface area contributed by atoms with Crippen LogP contribution in [0.2, 0.25) is 10.0 Å². The molecule has 4 nitrogen and oxygen atoms in total. The number of hydrogen-bond donors (Lipinski definition) is 0. The van der Waals surface area contributed by atoms with E-state index in [9.17, 15) is 4.79 Å². The first kappa shape index (κ1) is 23.9. The number of amides is 1. The molecular weight excluding hydrogens is 622 g/mol. The number of rotatable bonds is 6. The summed E-state index contributed by atoms with van der Waals surface area (Å²) in [6.45, 7) is 5.48. The van der Waals surface area contributed by atoms with Gasteiger partial charge in [0.05, 0.1) is 12.9 Å². The fraction of sp³-hybridized carbons (Fsp3) is 0.238. The zero-order valence-electron chi connectivity index (χ0n) is 16.2. The molecule has 1 aliphatic rings. The lowest BCUT2D eigenvalue weighted by atomic mass is 10.2. The van der Waals surface area contributed by atoms with Crippen molar-refractivity contribution in [2.75, 3.05) is 13.1 Å². The molecule has 1 amide bonds. The summed E-state index contributed by atoms with van der Waals surface area (Å²) in [5, 5.41) is 1.91. The fourth-order valence-corrected chi connectivity index (χ4v) is 6.12. The summed E-state index contributed by atoms with van der Waals surface area (Å²) in [6, 6.07) is 9.25. The van der Waals surface area contributed by atoms with Gasteiger partial charge in [-0.1, -0.05) is 29.3 Å². The molecule has 2 aromatic rings. The maximum Gasteiger partial charge on any atom is 0.266 e. The molecule has 0 saturated carbocycles. The number of thioether (sulfide) groups is 1. The fourth-order valence-electron chi connectivity index (χ4n) is 2.78. The van der Waals surface area contributed by atoms with Crippen molar-refractivity contribution in [3.8, 4) is 5.75 Å². The van der Waals surface area contributed by atoms with Gasteiger partial charge in [0.2, 0.25) is 0 Å². The van der Waals surface area contributed by atoms with Crippen LogP contribution in [0.4, 0.5) is 0 Å². The van der Waals surface area contributed by atoms with Gasteiger partial charge in [0.25, 0.3) is 5.91 Å². The summed E-state index contributed by atoms with van der Waals surface area (Å²) in [5.74, 6) is 0.705. The molecule has 158 valence electrons. The Morgan fingerprint density at radius 2 is 2.03 bits per heavy atom. The quantitative estimate of drug-likeness (QED) is 0.247. The maximum absolute atomic E-state index is 12.7. The number of benzene rings is 2. The highest BCUT2D eigenvalue weighted by Crippen LogP contribution is 2.36. The lowest BCUT2D eigenvalue weighted by molar-refractivity contribution is -0.122. The van der Waals surface area contributed by atoms with Crippen molar-refractivity contribution in [1.29, 1.82) is 0 Å². The minimum absolute atomic E-state index is 0.0152. The monoisotopic (exact) mass is 638 g/mol. The average molecular weight is 640 g/mol. The van der Waals surface area contributed by atoms with Crippen molar-refractivity contribution >= 4 is 90.6 Å². The molecule has 1 heterocycles. The molecule has 30 heavy (non-hydrogen) atoms. The van der Waals surface area contributed by atoms with Crippen LogP contribution < -0.4 is 4.74 Å². The topological polar surface area (TPSA) is 41.9 Å². The minimum Gasteiger partial charge on any atom is -0.487 e. The lowest BCUT2D eigenvalue weighted by Gasteiger charge is -2.13. The standard InChI is InChI=1S/C21H18BrCl2IN2O2S/c1-3-26-21-27(4-2)20(28)18(30-21)9-12-7-15(22)19(17(25)8-12)29-11-13-5-6-14(23)10-16(13)24/h5-10H,3-4,11H2,1-2H3/b18-9-,26-21?. The number of carbonyl (C=O) groups is 1. The van der Waals surface area contributed by atoms with Crippen LogP contribution in [-0.2, 0) is 11.4 Å². The molecule has 1 fully saturated rings. The zero-order valence-corrected chi connectivity index (χ0v) is 22.3. The van der Waals surface area contributed by atoms with Crippen LogP contribution in [0.15, 0.2) is 44.7 Å². The summed E-state index contributed by atoms with van der Waals surface area (Å²) < 4.78 is 7.72. The van der Waals surface area contributed by atoms with E-state index in [1.54, 1.807) is 17.0 Å². The second-order valence-electron chi connectivity index (χ2n) is 6.26. The summed E-state index contributed by atoms with van der Waals surface area (Å²) in [5.41, 5.74) is 1.76. The van der Waals surface area contributed by atoms with Gasteiger partial charge in [-0.15, -0.1) is 0 Å². The number of carbonyl (C=O) groups excluding carboxylic acids is 1. The van der Waals surface area contributed by atoms with E-state index >= 15 is 0 Å². The predicted molar refractivity (Wildman–Crippen MR) is 139 cm³/mol. The van der Waals surface area contributed by atoms with Gasteiger partial charge < -0.3 is 4.74 Å². The Hall–Kier alpha value is -0.740. The van der Waals surface area contributed by atoms with Crippen LogP contribution in [0, 0.1) is 3.57 Å². The molecule has 3 rings (SSSR count). The Morgan fingerprint density at radius 3 is 2.67 bits per heavy atom. The molecular formula is C21H18BrCl2IN2O2S. The summed E-state index contributed by atoms with van der Waals surface area (Å²) in [6.07, 6.45) is 1.89. The Labute approximate surface area is 212 Å². The number of aliphatic imine (C=N–C) groups is 1. The molecule has 0 aliphatic carbocycles. The number of halogens is 4. The largest absolute Gasteiger partial charge is 0.487 e. The first-order valence-electron chi connectivity index (χ1n) is 9.15. The second kappa shape index (κ2) is 10.7. The highest BCUT2D eigenvalue weighted by atomic mass is 127. The Kier molecular flexibility index (Phi) is 8.55. The van der Waals surface area contributed by atoms with E-state index in [0.29, 0.717) is 34.6 Å². The van der Waals surface area contributed by atoms with Crippen LogP contribution in [-0.4, -0.2) is 29.1 Å². The predicted octanol–water partition coefficient (Wildman–Crippen LogP) is 7.25. The van der Waals surface area contributed by atoms with Crippen LogP contribution in [0.25, 0.3) is 6.08 Å². The van der Waals surface area contributed by atoms with Crippen molar-refractivity contribution < 1.29 is 9.53 Å². The van der Waals surface area contributed by atoms with Crippen molar-refractivity contribution in [3.63, 3.8) is 0 Å². The second-order valence-corrected chi connectivity index (χ2v) is 10.1. The van der Waals surface area contributed by atoms with E-state index in [4.69, 9.17) is 27.9 Å². The highest BCUT2D eigenvalue weighted by molar-refractivity contribution is 14.1. The number of amidine groups is 1. The van der Waals surface area contributed by atoms with Crippen LogP contribution in [0.5, 0.6) is 5.75 Å². The average Bonchev–Trinajstić information content (AvgIpc) is 2.97. The third-order valence-corrected chi connectivity index (χ3v) is 7.22. The Morgan fingerprint density at radius 1 is 1.27 bits per heavy atom. The van der Waals surface area contributed by atoms with E-state index in [1.807, 2.05) is 38.1 Å². The van der Waals surface area contributed by atoms with E-state index in [-0.39, 0.29) is 5.91 Å². The number of hydrogen-bond acceptors (Lipinski definition) is 4. The molecule has 0 N–H and O–H groups in total. The summed E-state index contributed by atoms with van der Waals surface area (Å²) in [4.78, 5) is 19.5. The van der Waals surface area contributed by atoms with Gasteiger partial charge in [-0.3, -0.25) is 14.7 Å². The molecule has 1 saturated heterocycles. The molecule has 0 unspecified atom stereocenters. The van der Waals surface area contributed by atoms with E-state index < -0.39 is 0 Å². The van der Waals surface area contributed by atoms with Crippen molar-refractivity contribution in [3.05, 3.63) is 64.5 Å². The van der Waals surface area contributed by atoms with E-state index in [2.05, 4.69) is 43.5 Å². The minimum atomic E-state index is -0.0152. The third-order valence-electron chi connectivity index (χ3n) is 4.20. The molecule has 0 spiro atoms. The first-order valence-corrected chi connectivity index (χ1v) is 12.6. The van der Waals surface area contributed by atoms with Gasteiger partial charge in [0.15, 0.2) is 5.17 Å². The number of likely N-dealkylation sites (N-methyl/N-ethyl adjacent to an activating group) is 1. The van der Waals surface area contributed by atoms with Gasteiger partial charge in [0.1, 0.15) is 12.4 Å². The Bertz CT molecular complexity index is 1020.